The number of carboxylic acid groups (broad SMARTS) is 1. The van der Waals surface area contributed by atoms with Crippen molar-refractivity contribution in [3.8, 4) is 0 Å². The first kappa shape index (κ1) is 27.7. The summed E-state index contributed by atoms with van der Waals surface area (Å²) in [6.45, 7) is 2.25. The Balaban J connectivity index is 3.84. The number of carbonyl (C=O) groups is 2. The lowest BCUT2D eigenvalue weighted by Gasteiger charge is -2.09. The summed E-state index contributed by atoms with van der Waals surface area (Å²) in [6.07, 6.45) is 32.8. The first-order chi connectivity index (χ1) is 14.6. The minimum Gasteiger partial charge on any atom is -0.480 e. The second-order valence-electron chi connectivity index (χ2n) is 6.82. The number of hydrogen-bond acceptors (Lipinski definition) is 3. The van der Waals surface area contributed by atoms with Gasteiger partial charge in [0.05, 0.1) is 0 Å². The van der Waals surface area contributed by atoms with Crippen molar-refractivity contribution in [1.29, 1.82) is 0 Å². The highest BCUT2D eigenvalue weighted by Gasteiger charge is 2.16. The van der Waals surface area contributed by atoms with Crippen molar-refractivity contribution in [3.63, 3.8) is 0 Å². The maximum absolute atomic E-state index is 11.5. The molecule has 0 rings (SSSR count). The van der Waals surface area contributed by atoms with Gasteiger partial charge >= 0.3 is 5.97 Å². The molecule has 0 heterocycles. The van der Waals surface area contributed by atoms with Gasteiger partial charge in [-0.05, 0) is 12.8 Å². The molecule has 30 heavy (non-hydrogen) atoms. The average molecular weight is 432 g/mol. The monoisotopic (exact) mass is 431 g/mol. The standard InChI is InChI=1S/C25H37NO3S/c1-2-3-4-5-6-7-8-9-10-11-12-13-14-15-16-17-18-19-20-21-24(27)26-23(22-30)25(28)29/h10-21,23,30H,2-9,22H2,1H3,(H,26,27)(H,28,29)/t23-/m0/s1. The Bertz CT molecular complexity index is 630. The van der Waals surface area contributed by atoms with Crippen LogP contribution < -0.4 is 5.32 Å². The number of amides is 1. The zero-order valence-electron chi connectivity index (χ0n) is 18.1. The molecule has 0 saturated heterocycles. The van der Waals surface area contributed by atoms with Crippen LogP contribution in [0.5, 0.6) is 0 Å². The van der Waals surface area contributed by atoms with Crippen LogP contribution in [0.1, 0.15) is 58.3 Å². The summed E-state index contributed by atoms with van der Waals surface area (Å²) < 4.78 is 0. The van der Waals surface area contributed by atoms with Gasteiger partial charge in [-0.25, -0.2) is 4.79 Å². The summed E-state index contributed by atoms with van der Waals surface area (Å²) in [5, 5.41) is 11.2. The number of unbranched alkanes of at least 4 members (excludes halogenated alkanes) is 7. The van der Waals surface area contributed by atoms with E-state index in [1.165, 1.54) is 51.0 Å². The third-order valence-electron chi connectivity index (χ3n) is 4.16. The molecule has 0 aromatic heterocycles. The van der Waals surface area contributed by atoms with Gasteiger partial charge in [-0.1, -0.05) is 112 Å². The van der Waals surface area contributed by atoms with E-state index in [-0.39, 0.29) is 5.75 Å². The van der Waals surface area contributed by atoms with Crippen LogP contribution in [-0.4, -0.2) is 28.8 Å². The number of nitrogens with one attached hydrogen (secondary N) is 1. The van der Waals surface area contributed by atoms with Crippen molar-refractivity contribution in [3.05, 3.63) is 72.9 Å². The van der Waals surface area contributed by atoms with Gasteiger partial charge in [-0.15, -0.1) is 0 Å². The predicted octanol–water partition coefficient (Wildman–Crippen LogP) is 5.96. The van der Waals surface area contributed by atoms with Gasteiger partial charge < -0.3 is 10.4 Å². The molecule has 0 fully saturated rings. The molecule has 5 heteroatoms. The smallest absolute Gasteiger partial charge is 0.327 e. The fourth-order valence-electron chi connectivity index (χ4n) is 2.46. The zero-order chi connectivity index (χ0) is 22.3. The lowest BCUT2D eigenvalue weighted by Crippen LogP contribution is -2.41. The third-order valence-corrected chi connectivity index (χ3v) is 4.52. The SMILES string of the molecule is CCCCCCCCCC=CC=CC=CC=CC=CC=CC(=O)N[C@@H](CS)C(=O)O. The minimum atomic E-state index is -1.10. The number of rotatable bonds is 17. The molecule has 0 aliphatic carbocycles. The number of hydrogen-bond donors (Lipinski definition) is 3. The van der Waals surface area contributed by atoms with Crippen molar-refractivity contribution in [1.82, 2.24) is 5.32 Å². The zero-order valence-corrected chi connectivity index (χ0v) is 19.0. The summed E-state index contributed by atoms with van der Waals surface area (Å²) in [6, 6.07) is -0.984. The van der Waals surface area contributed by atoms with E-state index in [4.69, 9.17) is 5.11 Å². The third kappa shape index (κ3) is 19.1. The molecule has 4 nitrogen and oxygen atoms in total. The van der Waals surface area contributed by atoms with Gasteiger partial charge in [-0.3, -0.25) is 4.79 Å². The maximum atomic E-state index is 11.5. The van der Waals surface area contributed by atoms with Crippen LogP contribution >= 0.6 is 12.6 Å². The number of carboxylic acids is 1. The molecule has 0 aliphatic heterocycles. The Hall–Kier alpha value is -2.27. The van der Waals surface area contributed by atoms with Crippen LogP contribution in [0.25, 0.3) is 0 Å². The highest BCUT2D eigenvalue weighted by Crippen LogP contribution is 2.08. The van der Waals surface area contributed by atoms with Crippen molar-refractivity contribution >= 4 is 24.5 Å². The molecular formula is C25H37NO3S. The van der Waals surface area contributed by atoms with E-state index in [1.54, 1.807) is 18.2 Å². The second-order valence-corrected chi connectivity index (χ2v) is 7.18. The van der Waals surface area contributed by atoms with E-state index in [2.05, 4.69) is 37.0 Å². The molecule has 0 unspecified atom stereocenters. The molecule has 0 aliphatic rings. The summed E-state index contributed by atoms with van der Waals surface area (Å²) in [4.78, 5) is 22.3. The predicted molar refractivity (Wildman–Crippen MR) is 131 cm³/mol. The van der Waals surface area contributed by atoms with E-state index in [9.17, 15) is 9.59 Å². The van der Waals surface area contributed by atoms with Gasteiger partial charge in [0.25, 0.3) is 0 Å². The van der Waals surface area contributed by atoms with E-state index in [1.807, 2.05) is 36.5 Å². The van der Waals surface area contributed by atoms with Gasteiger partial charge in [-0.2, -0.15) is 12.6 Å². The molecule has 166 valence electrons. The Labute approximate surface area is 187 Å². The fourth-order valence-corrected chi connectivity index (χ4v) is 2.70. The highest BCUT2D eigenvalue weighted by molar-refractivity contribution is 7.80. The number of carbonyl (C=O) groups excluding carboxylic acids is 1. The van der Waals surface area contributed by atoms with Crippen LogP contribution in [0.2, 0.25) is 0 Å². The molecule has 2 N–H and O–H groups in total. The summed E-state index contributed by atoms with van der Waals surface area (Å²) >= 11 is 3.88. The summed E-state index contributed by atoms with van der Waals surface area (Å²) in [5.74, 6) is -1.52. The Morgan fingerprint density at radius 3 is 1.83 bits per heavy atom. The molecule has 0 bridgehead atoms. The van der Waals surface area contributed by atoms with Crippen LogP contribution in [0.15, 0.2) is 72.9 Å². The highest BCUT2D eigenvalue weighted by atomic mass is 32.1. The van der Waals surface area contributed by atoms with Gasteiger partial charge in [0.1, 0.15) is 6.04 Å². The van der Waals surface area contributed by atoms with E-state index < -0.39 is 17.9 Å². The van der Waals surface area contributed by atoms with E-state index in [0.717, 1.165) is 6.42 Å². The lowest BCUT2D eigenvalue weighted by molar-refractivity contribution is -0.140. The largest absolute Gasteiger partial charge is 0.480 e. The van der Waals surface area contributed by atoms with E-state index >= 15 is 0 Å². The lowest BCUT2D eigenvalue weighted by atomic mass is 10.1. The molecule has 0 radical (unpaired) electrons. The van der Waals surface area contributed by atoms with Crippen molar-refractivity contribution in [2.24, 2.45) is 0 Å². The molecular weight excluding hydrogens is 394 g/mol. The van der Waals surface area contributed by atoms with Crippen molar-refractivity contribution < 1.29 is 14.7 Å². The second kappa shape index (κ2) is 21.4. The van der Waals surface area contributed by atoms with E-state index in [0.29, 0.717) is 0 Å². The number of aliphatic carboxylic acids is 1. The summed E-state index contributed by atoms with van der Waals surface area (Å²) in [5.41, 5.74) is 0. The van der Waals surface area contributed by atoms with Crippen LogP contribution in [0.3, 0.4) is 0 Å². The molecule has 0 spiro atoms. The quantitative estimate of drug-likeness (QED) is 0.115. The van der Waals surface area contributed by atoms with Gasteiger partial charge in [0, 0.05) is 11.8 Å². The van der Waals surface area contributed by atoms with Gasteiger partial charge in [0.2, 0.25) is 5.91 Å². The Morgan fingerprint density at radius 2 is 1.30 bits per heavy atom. The average Bonchev–Trinajstić information content (AvgIpc) is 2.73. The number of thiol groups is 1. The topological polar surface area (TPSA) is 66.4 Å². The molecule has 0 aromatic rings. The fraction of sp³-hybridized carbons (Fsp3) is 0.440. The molecule has 1 amide bonds. The first-order valence-electron chi connectivity index (χ1n) is 10.8. The Kier molecular flexibility index (Phi) is 19.8. The number of allylic oxidation sites excluding steroid dienone is 11. The maximum Gasteiger partial charge on any atom is 0.327 e. The molecule has 0 saturated carbocycles. The summed E-state index contributed by atoms with van der Waals surface area (Å²) in [7, 11) is 0. The Morgan fingerprint density at radius 1 is 0.800 bits per heavy atom. The first-order valence-corrected chi connectivity index (χ1v) is 11.4. The minimum absolute atomic E-state index is 0.0449. The normalized spacial score (nSPS) is 13.7. The molecule has 1 atom stereocenters. The van der Waals surface area contributed by atoms with Crippen molar-refractivity contribution in [2.45, 2.75) is 64.3 Å². The van der Waals surface area contributed by atoms with Crippen molar-refractivity contribution in [2.75, 3.05) is 5.75 Å². The van der Waals surface area contributed by atoms with Gasteiger partial charge in [0.15, 0.2) is 0 Å². The van der Waals surface area contributed by atoms with Crippen LogP contribution in [0.4, 0.5) is 0 Å². The van der Waals surface area contributed by atoms with Crippen LogP contribution in [0, 0.1) is 0 Å². The molecule has 0 aromatic carbocycles. The van der Waals surface area contributed by atoms with Crippen LogP contribution in [-0.2, 0) is 9.59 Å².